The molecule has 2 aromatic rings. The number of alkyl halides is 3. The number of primary amides is 1. The number of anilines is 1. The molecule has 2 amide bonds. The summed E-state index contributed by atoms with van der Waals surface area (Å²) < 4.78 is 52.5. The average molecular weight is 341 g/mol. The fourth-order valence-electron chi connectivity index (χ4n) is 2.10. The van der Waals surface area contributed by atoms with E-state index in [-0.39, 0.29) is 11.4 Å². The molecule has 0 aliphatic heterocycles. The van der Waals surface area contributed by atoms with Crippen LogP contribution in [0, 0.1) is 12.7 Å². The number of nitrogens with one attached hydrogen (secondary N) is 1. The van der Waals surface area contributed by atoms with Gasteiger partial charge in [-0.25, -0.2) is 4.39 Å². The molecule has 9 heteroatoms. The monoisotopic (exact) mass is 341 g/mol. The molecule has 0 aliphatic rings. The summed E-state index contributed by atoms with van der Waals surface area (Å²) in [5.41, 5.74) is 2.54. The zero-order valence-corrected chi connectivity index (χ0v) is 12.2. The second-order valence-corrected chi connectivity index (χ2v) is 4.84. The zero-order chi connectivity index (χ0) is 18.1. The lowest BCUT2D eigenvalue weighted by molar-refractivity contribution is -0.138. The minimum absolute atomic E-state index is 0.0417. The summed E-state index contributed by atoms with van der Waals surface area (Å²) in [4.78, 5) is 26.8. The van der Waals surface area contributed by atoms with Crippen LogP contribution < -0.4 is 11.1 Å². The standard InChI is InChI=1S/C15H11F4N3O2/c1-7-9(15(17,18)19)2-3-10(16)12(7)14(24)22-8-4-5-21-11(6-8)13(20)23/h2-6H,1H3,(H2,20,23)(H,21,22,24). The summed E-state index contributed by atoms with van der Waals surface area (Å²) in [5, 5.41) is 2.22. The van der Waals surface area contributed by atoms with Crippen molar-refractivity contribution < 1.29 is 27.2 Å². The highest BCUT2D eigenvalue weighted by Crippen LogP contribution is 2.34. The molecule has 0 atom stereocenters. The van der Waals surface area contributed by atoms with E-state index in [1.54, 1.807) is 0 Å². The van der Waals surface area contributed by atoms with Gasteiger partial charge in [-0.2, -0.15) is 13.2 Å². The van der Waals surface area contributed by atoms with Gasteiger partial charge >= 0.3 is 6.18 Å². The lowest BCUT2D eigenvalue weighted by atomic mass is 10.0. The normalized spacial score (nSPS) is 11.2. The smallest absolute Gasteiger partial charge is 0.364 e. The first kappa shape index (κ1) is 17.4. The van der Waals surface area contributed by atoms with Gasteiger partial charge in [-0.1, -0.05) is 0 Å². The number of halogens is 4. The van der Waals surface area contributed by atoms with Gasteiger partial charge in [-0.15, -0.1) is 0 Å². The molecule has 2 rings (SSSR count). The molecule has 1 aromatic carbocycles. The summed E-state index contributed by atoms with van der Waals surface area (Å²) in [6.07, 6.45) is -3.55. The Morgan fingerprint density at radius 2 is 1.88 bits per heavy atom. The predicted molar refractivity (Wildman–Crippen MR) is 76.8 cm³/mol. The van der Waals surface area contributed by atoms with Gasteiger partial charge in [0.15, 0.2) is 0 Å². The third-order valence-electron chi connectivity index (χ3n) is 3.22. The molecular weight excluding hydrogens is 330 g/mol. The molecule has 1 aromatic heterocycles. The number of amides is 2. The molecule has 1 heterocycles. The Morgan fingerprint density at radius 3 is 2.46 bits per heavy atom. The average Bonchev–Trinajstić information content (AvgIpc) is 2.46. The van der Waals surface area contributed by atoms with Gasteiger partial charge < -0.3 is 11.1 Å². The van der Waals surface area contributed by atoms with Crippen LogP contribution in [0.1, 0.15) is 32.0 Å². The van der Waals surface area contributed by atoms with Gasteiger partial charge in [0.2, 0.25) is 0 Å². The largest absolute Gasteiger partial charge is 0.416 e. The van der Waals surface area contributed by atoms with Crippen molar-refractivity contribution in [3.05, 3.63) is 58.7 Å². The van der Waals surface area contributed by atoms with E-state index in [0.29, 0.717) is 12.1 Å². The Hall–Kier alpha value is -2.97. The van der Waals surface area contributed by atoms with E-state index in [1.807, 2.05) is 0 Å². The lowest BCUT2D eigenvalue weighted by Gasteiger charge is -2.14. The zero-order valence-electron chi connectivity index (χ0n) is 12.2. The predicted octanol–water partition coefficient (Wildman–Crippen LogP) is 2.90. The van der Waals surface area contributed by atoms with E-state index in [9.17, 15) is 27.2 Å². The first-order valence-corrected chi connectivity index (χ1v) is 6.54. The Kier molecular flexibility index (Phi) is 4.54. The van der Waals surface area contributed by atoms with Crippen LogP contribution in [-0.4, -0.2) is 16.8 Å². The fourth-order valence-corrected chi connectivity index (χ4v) is 2.10. The molecule has 0 radical (unpaired) electrons. The Labute approximate surface area is 133 Å². The first-order valence-electron chi connectivity index (χ1n) is 6.54. The van der Waals surface area contributed by atoms with Crippen LogP contribution >= 0.6 is 0 Å². The van der Waals surface area contributed by atoms with Crippen LogP contribution in [0.3, 0.4) is 0 Å². The number of hydrogen-bond acceptors (Lipinski definition) is 3. The van der Waals surface area contributed by atoms with Crippen LogP contribution in [0.2, 0.25) is 0 Å². The van der Waals surface area contributed by atoms with Gasteiger partial charge in [-0.3, -0.25) is 14.6 Å². The first-order chi connectivity index (χ1) is 11.1. The van der Waals surface area contributed by atoms with Gasteiger partial charge in [-0.05, 0) is 36.8 Å². The highest BCUT2D eigenvalue weighted by molar-refractivity contribution is 6.06. The Balaban J connectivity index is 2.40. The van der Waals surface area contributed by atoms with Crippen molar-refractivity contribution >= 4 is 17.5 Å². The number of rotatable bonds is 3. The number of benzene rings is 1. The highest BCUT2D eigenvalue weighted by Gasteiger charge is 2.34. The molecule has 0 saturated carbocycles. The molecule has 0 spiro atoms. The van der Waals surface area contributed by atoms with Crippen molar-refractivity contribution in [1.82, 2.24) is 4.98 Å². The van der Waals surface area contributed by atoms with Gasteiger partial charge in [0.05, 0.1) is 11.1 Å². The molecule has 126 valence electrons. The maximum atomic E-state index is 13.9. The third kappa shape index (κ3) is 3.50. The minimum atomic E-state index is -4.72. The molecule has 0 aliphatic carbocycles. The molecule has 5 nitrogen and oxygen atoms in total. The Bertz CT molecular complexity index is 819. The summed E-state index contributed by atoms with van der Waals surface area (Å²) in [6.45, 7) is 1.00. The van der Waals surface area contributed by atoms with Crippen LogP contribution in [-0.2, 0) is 6.18 Å². The van der Waals surface area contributed by atoms with Crippen molar-refractivity contribution in [2.24, 2.45) is 5.73 Å². The van der Waals surface area contributed by atoms with Crippen molar-refractivity contribution in [3.63, 3.8) is 0 Å². The molecule has 0 saturated heterocycles. The van der Waals surface area contributed by atoms with Crippen molar-refractivity contribution in [1.29, 1.82) is 0 Å². The van der Waals surface area contributed by atoms with Gasteiger partial charge in [0, 0.05) is 11.9 Å². The van der Waals surface area contributed by atoms with E-state index in [1.165, 1.54) is 12.3 Å². The second kappa shape index (κ2) is 6.26. The third-order valence-corrected chi connectivity index (χ3v) is 3.22. The van der Waals surface area contributed by atoms with Gasteiger partial charge in [0.25, 0.3) is 11.8 Å². The minimum Gasteiger partial charge on any atom is -0.364 e. The number of hydrogen-bond donors (Lipinski definition) is 2. The van der Waals surface area contributed by atoms with E-state index in [0.717, 1.165) is 13.0 Å². The maximum Gasteiger partial charge on any atom is 0.416 e. The highest BCUT2D eigenvalue weighted by atomic mass is 19.4. The number of pyridine rings is 1. The van der Waals surface area contributed by atoms with Crippen molar-refractivity contribution in [2.75, 3.05) is 5.32 Å². The number of carbonyl (C=O) groups is 2. The molecule has 24 heavy (non-hydrogen) atoms. The summed E-state index contributed by atoms with van der Waals surface area (Å²) in [5.74, 6) is -3.03. The summed E-state index contributed by atoms with van der Waals surface area (Å²) >= 11 is 0. The van der Waals surface area contributed by atoms with Crippen LogP contribution in [0.25, 0.3) is 0 Å². The molecule has 0 fully saturated rings. The lowest BCUT2D eigenvalue weighted by Crippen LogP contribution is -2.19. The van der Waals surface area contributed by atoms with Crippen LogP contribution in [0.15, 0.2) is 30.5 Å². The SMILES string of the molecule is Cc1c(C(F)(F)F)ccc(F)c1C(=O)Nc1ccnc(C(N)=O)c1. The van der Waals surface area contributed by atoms with Crippen LogP contribution in [0.4, 0.5) is 23.2 Å². The summed E-state index contributed by atoms with van der Waals surface area (Å²) in [7, 11) is 0. The van der Waals surface area contributed by atoms with E-state index < -0.39 is 40.5 Å². The molecule has 3 N–H and O–H groups in total. The van der Waals surface area contributed by atoms with E-state index in [4.69, 9.17) is 5.73 Å². The summed E-state index contributed by atoms with van der Waals surface area (Å²) in [6, 6.07) is 3.55. The number of aromatic nitrogens is 1. The topological polar surface area (TPSA) is 85.1 Å². The van der Waals surface area contributed by atoms with E-state index in [2.05, 4.69) is 10.3 Å². The quantitative estimate of drug-likeness (QED) is 0.842. The molecular formula is C15H11F4N3O2. The number of nitrogens with two attached hydrogens (primary N) is 1. The van der Waals surface area contributed by atoms with Gasteiger partial charge in [0.1, 0.15) is 11.5 Å². The van der Waals surface area contributed by atoms with Crippen molar-refractivity contribution in [2.45, 2.75) is 13.1 Å². The molecule has 0 unspecified atom stereocenters. The maximum absolute atomic E-state index is 13.9. The number of nitrogens with zero attached hydrogens (tertiary/aromatic N) is 1. The Morgan fingerprint density at radius 1 is 1.21 bits per heavy atom. The van der Waals surface area contributed by atoms with E-state index >= 15 is 0 Å². The van der Waals surface area contributed by atoms with Crippen molar-refractivity contribution in [3.8, 4) is 0 Å². The number of carbonyl (C=O) groups excluding carboxylic acids is 2. The molecule has 0 bridgehead atoms. The fraction of sp³-hybridized carbons (Fsp3) is 0.133. The second-order valence-electron chi connectivity index (χ2n) is 4.84. The van der Waals surface area contributed by atoms with Crippen LogP contribution in [0.5, 0.6) is 0 Å².